The molecule has 0 saturated carbocycles. The Morgan fingerprint density at radius 3 is 2.55 bits per heavy atom. The Hall–Kier alpha value is -1.72. The highest BCUT2D eigenvalue weighted by Crippen LogP contribution is 2.29. The van der Waals surface area contributed by atoms with Gasteiger partial charge in [0.25, 0.3) is 5.91 Å². The van der Waals surface area contributed by atoms with Crippen LogP contribution in [0.25, 0.3) is 0 Å². The summed E-state index contributed by atoms with van der Waals surface area (Å²) in [4.78, 5) is 16.0. The lowest BCUT2D eigenvalue weighted by molar-refractivity contribution is 0.0955. The van der Waals surface area contributed by atoms with Crippen LogP contribution >= 0.6 is 56.8 Å². The zero-order valence-corrected chi connectivity index (χ0v) is 20.4. The molecule has 1 N–H and O–H groups in total. The van der Waals surface area contributed by atoms with Crippen molar-refractivity contribution in [1.82, 2.24) is 10.4 Å². The Morgan fingerprint density at radius 1 is 1.21 bits per heavy atom. The van der Waals surface area contributed by atoms with Gasteiger partial charge in [0.1, 0.15) is 17.5 Å². The average molecular weight is 632 g/mol. The van der Waals surface area contributed by atoms with Crippen LogP contribution in [0.4, 0.5) is 0 Å². The summed E-state index contributed by atoms with van der Waals surface area (Å²) in [6.45, 7) is 2.56. The monoisotopic (exact) mass is 631 g/mol. The van der Waals surface area contributed by atoms with Crippen LogP contribution in [0.2, 0.25) is 5.15 Å². The maximum absolute atomic E-state index is 12.1. The highest BCUT2D eigenvalue weighted by molar-refractivity contribution is 14.1. The van der Waals surface area contributed by atoms with Crippen molar-refractivity contribution in [3.8, 4) is 5.75 Å². The molecule has 2 aromatic carbocycles. The number of aryl methyl sites for hydroxylation is 1. The topological polar surface area (TPSA) is 63.6 Å². The van der Waals surface area contributed by atoms with E-state index < -0.39 is 5.91 Å². The van der Waals surface area contributed by atoms with Crippen LogP contribution < -0.4 is 10.2 Å². The molecule has 5 nitrogen and oxygen atoms in total. The third-order valence-corrected chi connectivity index (χ3v) is 5.81. The second-order valence-corrected chi connectivity index (χ2v) is 8.81. The van der Waals surface area contributed by atoms with Gasteiger partial charge in [-0.2, -0.15) is 5.10 Å². The summed E-state index contributed by atoms with van der Waals surface area (Å²) in [6, 6.07) is 15.4. The van der Waals surface area contributed by atoms with Gasteiger partial charge < -0.3 is 4.74 Å². The number of hydrogen-bond acceptors (Lipinski definition) is 4. The fraction of sp³-hybridized carbons (Fsp3) is 0.0952. The van der Waals surface area contributed by atoms with Crippen molar-refractivity contribution < 1.29 is 9.53 Å². The molecule has 3 aromatic rings. The molecule has 8 heteroatoms. The highest BCUT2D eigenvalue weighted by Gasteiger charge is 2.11. The van der Waals surface area contributed by atoms with Gasteiger partial charge in [-0.25, -0.2) is 10.4 Å². The Kier molecular flexibility index (Phi) is 7.84. The fourth-order valence-electron chi connectivity index (χ4n) is 2.41. The van der Waals surface area contributed by atoms with Crippen molar-refractivity contribution in [2.75, 3.05) is 0 Å². The minimum absolute atomic E-state index is 0.138. The first kappa shape index (κ1) is 22.0. The number of nitrogens with zero attached hydrogens (tertiary/aromatic N) is 2. The van der Waals surface area contributed by atoms with Crippen molar-refractivity contribution in [2.24, 2.45) is 5.10 Å². The van der Waals surface area contributed by atoms with E-state index in [1.165, 1.54) is 11.8 Å². The number of amides is 1. The second kappa shape index (κ2) is 10.4. The predicted octanol–water partition coefficient (Wildman–Crippen LogP) is 5.60. The Morgan fingerprint density at radius 2 is 1.90 bits per heavy atom. The van der Waals surface area contributed by atoms with Crippen LogP contribution in [0.5, 0.6) is 5.75 Å². The van der Waals surface area contributed by atoms with Crippen LogP contribution in [-0.4, -0.2) is 17.1 Å². The van der Waals surface area contributed by atoms with E-state index in [1.54, 1.807) is 18.3 Å². The number of ether oxygens (including phenoxy) is 1. The molecule has 1 heterocycles. The molecule has 1 aromatic heterocycles. The zero-order chi connectivity index (χ0) is 20.8. The molecule has 0 spiro atoms. The predicted molar refractivity (Wildman–Crippen MR) is 132 cm³/mol. The van der Waals surface area contributed by atoms with Gasteiger partial charge in [0.2, 0.25) is 0 Å². The largest absolute Gasteiger partial charge is 0.487 e. The summed E-state index contributed by atoms with van der Waals surface area (Å²) < 4.78 is 7.94. The molecule has 0 saturated heterocycles. The molecule has 148 valence electrons. The number of carbonyl (C=O) groups is 1. The molecule has 29 heavy (non-hydrogen) atoms. The number of hydrazone groups is 1. The molecule has 0 bridgehead atoms. The van der Waals surface area contributed by atoms with E-state index in [0.29, 0.717) is 6.61 Å². The molecule has 3 rings (SSSR count). The quantitative estimate of drug-likeness (QED) is 0.167. The van der Waals surface area contributed by atoms with Crippen molar-refractivity contribution in [2.45, 2.75) is 13.5 Å². The van der Waals surface area contributed by atoms with E-state index in [2.05, 4.69) is 91.9 Å². The van der Waals surface area contributed by atoms with Crippen molar-refractivity contribution in [1.29, 1.82) is 0 Å². The van der Waals surface area contributed by atoms with Gasteiger partial charge in [0.05, 0.1) is 18.9 Å². The maximum Gasteiger partial charge on any atom is 0.274 e. The summed E-state index contributed by atoms with van der Waals surface area (Å²) in [7, 11) is 0. The highest BCUT2D eigenvalue weighted by atomic mass is 127. The lowest BCUT2D eigenvalue weighted by Gasteiger charge is -2.11. The van der Waals surface area contributed by atoms with Crippen LogP contribution in [0.3, 0.4) is 0 Å². The SMILES string of the molecule is Cc1ccc(COc2c(I)cc(C=NNC(=O)c3cccnc3Cl)cc2I)cc1. The molecule has 0 unspecified atom stereocenters. The van der Waals surface area contributed by atoms with E-state index in [4.69, 9.17) is 16.3 Å². The second-order valence-electron chi connectivity index (χ2n) is 6.13. The maximum atomic E-state index is 12.1. The number of halogens is 3. The normalized spacial score (nSPS) is 10.9. The number of rotatable bonds is 6. The minimum atomic E-state index is -0.415. The van der Waals surface area contributed by atoms with Gasteiger partial charge in [-0.3, -0.25) is 4.79 Å². The number of aromatic nitrogens is 1. The molecule has 0 fully saturated rings. The van der Waals surface area contributed by atoms with Gasteiger partial charge >= 0.3 is 0 Å². The Balaban J connectivity index is 1.65. The third kappa shape index (κ3) is 6.13. The molecule has 0 radical (unpaired) electrons. The smallest absolute Gasteiger partial charge is 0.274 e. The van der Waals surface area contributed by atoms with Gasteiger partial charge in [-0.05, 0) is 87.5 Å². The first-order chi connectivity index (χ1) is 13.9. The van der Waals surface area contributed by atoms with Crippen LogP contribution in [0.1, 0.15) is 27.0 Å². The summed E-state index contributed by atoms with van der Waals surface area (Å²) in [5.74, 6) is 0.414. The van der Waals surface area contributed by atoms with Gasteiger partial charge in [-0.15, -0.1) is 0 Å². The summed E-state index contributed by atoms with van der Waals surface area (Å²) in [5, 5.41) is 4.15. The van der Waals surface area contributed by atoms with E-state index in [-0.39, 0.29) is 10.7 Å². The molecule has 0 aliphatic heterocycles. The number of pyridine rings is 1. The fourth-order valence-corrected chi connectivity index (χ4v) is 4.75. The lowest BCUT2D eigenvalue weighted by atomic mass is 10.2. The molecule has 0 aliphatic rings. The van der Waals surface area contributed by atoms with E-state index >= 15 is 0 Å². The first-order valence-corrected chi connectivity index (χ1v) is 11.1. The molecule has 0 aliphatic carbocycles. The lowest BCUT2D eigenvalue weighted by Crippen LogP contribution is -2.18. The summed E-state index contributed by atoms with van der Waals surface area (Å²) >= 11 is 10.4. The number of hydrogen-bond donors (Lipinski definition) is 1. The van der Waals surface area contributed by atoms with Crippen molar-refractivity contribution >= 4 is 68.9 Å². The molecule has 1 amide bonds. The first-order valence-electron chi connectivity index (χ1n) is 8.55. The van der Waals surface area contributed by atoms with Crippen LogP contribution in [0, 0.1) is 14.1 Å². The summed E-state index contributed by atoms with van der Waals surface area (Å²) in [6.07, 6.45) is 3.10. The van der Waals surface area contributed by atoms with Crippen molar-refractivity contribution in [3.05, 3.63) is 89.3 Å². The van der Waals surface area contributed by atoms with Gasteiger partial charge in [0, 0.05) is 6.20 Å². The molecule has 0 atom stereocenters. The average Bonchev–Trinajstić information content (AvgIpc) is 2.69. The summed E-state index contributed by atoms with van der Waals surface area (Å²) in [5.41, 5.74) is 5.92. The number of carbonyl (C=O) groups excluding carboxylic acids is 1. The van der Waals surface area contributed by atoms with Crippen LogP contribution in [-0.2, 0) is 6.61 Å². The standard InChI is InChI=1S/C21H16ClI2N3O2/c1-13-4-6-14(7-5-13)12-29-19-17(23)9-15(10-18(19)24)11-26-27-21(28)16-3-2-8-25-20(16)22/h2-11H,12H2,1H3,(H,27,28). The number of benzene rings is 2. The Bertz CT molecular complexity index is 1030. The molecular weight excluding hydrogens is 616 g/mol. The van der Waals surface area contributed by atoms with Gasteiger partial charge in [-0.1, -0.05) is 41.4 Å². The third-order valence-electron chi connectivity index (χ3n) is 3.91. The zero-order valence-electron chi connectivity index (χ0n) is 15.3. The van der Waals surface area contributed by atoms with Crippen LogP contribution in [0.15, 0.2) is 59.8 Å². The van der Waals surface area contributed by atoms with E-state index in [1.807, 2.05) is 12.1 Å². The molecular formula is C21H16ClI2N3O2. The van der Waals surface area contributed by atoms with E-state index in [9.17, 15) is 4.79 Å². The number of nitrogens with one attached hydrogen (secondary N) is 1. The van der Waals surface area contributed by atoms with Crippen molar-refractivity contribution in [3.63, 3.8) is 0 Å². The minimum Gasteiger partial charge on any atom is -0.487 e. The van der Waals surface area contributed by atoms with E-state index in [0.717, 1.165) is 24.0 Å². The Labute approximate surface area is 201 Å². The van der Waals surface area contributed by atoms with Gasteiger partial charge in [0.15, 0.2) is 0 Å².